The summed E-state index contributed by atoms with van der Waals surface area (Å²) in [6, 6.07) is 16.0. The predicted molar refractivity (Wildman–Crippen MR) is 114 cm³/mol. The number of carbonyl (C=O) groups is 2. The Morgan fingerprint density at radius 2 is 1.90 bits per heavy atom. The summed E-state index contributed by atoms with van der Waals surface area (Å²) in [4.78, 5) is 30.4. The van der Waals surface area contributed by atoms with Gasteiger partial charge in [0.05, 0.1) is 11.1 Å². The highest BCUT2D eigenvalue weighted by atomic mass is 32.1. The van der Waals surface area contributed by atoms with Crippen LogP contribution in [-0.4, -0.2) is 22.8 Å². The third-order valence-corrected chi connectivity index (χ3v) is 5.78. The number of hydrogen-bond acceptors (Lipinski definition) is 6. The summed E-state index contributed by atoms with van der Waals surface area (Å²) in [7, 11) is 0. The molecule has 0 aliphatic carbocycles. The maximum absolute atomic E-state index is 12.9. The van der Waals surface area contributed by atoms with Crippen LogP contribution in [0.2, 0.25) is 0 Å². The highest BCUT2D eigenvalue weighted by molar-refractivity contribution is 7.14. The SMILES string of the molecule is O=C(NC(Cc1ccccc1)C(=O)Nc1nc(-c2ccco2)cs1)c1cccs1. The van der Waals surface area contributed by atoms with Crippen LogP contribution < -0.4 is 10.6 Å². The second-order valence-electron chi connectivity index (χ2n) is 6.20. The third-order valence-electron chi connectivity index (χ3n) is 4.16. The lowest BCUT2D eigenvalue weighted by atomic mass is 10.1. The van der Waals surface area contributed by atoms with E-state index in [2.05, 4.69) is 15.6 Å². The Hall–Kier alpha value is -3.23. The zero-order chi connectivity index (χ0) is 20.1. The monoisotopic (exact) mass is 423 g/mol. The first-order valence-electron chi connectivity index (χ1n) is 8.87. The van der Waals surface area contributed by atoms with Gasteiger partial charge in [0, 0.05) is 11.8 Å². The number of rotatable bonds is 7. The average Bonchev–Trinajstić information content (AvgIpc) is 3.49. The van der Waals surface area contributed by atoms with Crippen molar-refractivity contribution in [3.8, 4) is 11.5 Å². The molecule has 0 saturated carbocycles. The molecule has 146 valence electrons. The summed E-state index contributed by atoms with van der Waals surface area (Å²) in [5, 5.41) is 9.74. The van der Waals surface area contributed by atoms with E-state index in [-0.39, 0.29) is 11.8 Å². The number of anilines is 1. The van der Waals surface area contributed by atoms with Crippen molar-refractivity contribution in [2.24, 2.45) is 0 Å². The molecule has 3 aromatic heterocycles. The van der Waals surface area contributed by atoms with E-state index in [9.17, 15) is 9.59 Å². The van der Waals surface area contributed by atoms with E-state index in [4.69, 9.17) is 4.42 Å². The molecule has 0 radical (unpaired) electrons. The van der Waals surface area contributed by atoms with Crippen molar-refractivity contribution >= 4 is 39.6 Å². The number of amides is 2. The molecule has 1 unspecified atom stereocenters. The van der Waals surface area contributed by atoms with Crippen molar-refractivity contribution in [2.75, 3.05) is 5.32 Å². The first-order chi connectivity index (χ1) is 14.2. The van der Waals surface area contributed by atoms with Crippen LogP contribution in [0.4, 0.5) is 5.13 Å². The molecule has 1 aromatic carbocycles. The summed E-state index contributed by atoms with van der Waals surface area (Å²) in [5.74, 6) is 0.0409. The van der Waals surface area contributed by atoms with Gasteiger partial charge in [-0.3, -0.25) is 9.59 Å². The Kier molecular flexibility index (Phi) is 5.83. The molecule has 0 aliphatic rings. The molecule has 8 heteroatoms. The molecule has 29 heavy (non-hydrogen) atoms. The van der Waals surface area contributed by atoms with Crippen molar-refractivity contribution < 1.29 is 14.0 Å². The number of hydrogen-bond donors (Lipinski definition) is 2. The molecule has 2 amide bonds. The van der Waals surface area contributed by atoms with E-state index in [0.717, 1.165) is 5.56 Å². The molecule has 0 saturated heterocycles. The van der Waals surface area contributed by atoms with Gasteiger partial charge in [-0.1, -0.05) is 36.4 Å². The zero-order valence-corrected chi connectivity index (χ0v) is 16.8. The Balaban J connectivity index is 1.50. The van der Waals surface area contributed by atoms with Gasteiger partial charge in [-0.2, -0.15) is 0 Å². The largest absolute Gasteiger partial charge is 0.463 e. The Bertz CT molecular complexity index is 1070. The minimum absolute atomic E-state index is 0.272. The lowest BCUT2D eigenvalue weighted by Crippen LogP contribution is -2.45. The molecule has 2 N–H and O–H groups in total. The smallest absolute Gasteiger partial charge is 0.262 e. The van der Waals surface area contributed by atoms with Crippen molar-refractivity contribution in [3.63, 3.8) is 0 Å². The van der Waals surface area contributed by atoms with Gasteiger partial charge in [0.25, 0.3) is 5.91 Å². The van der Waals surface area contributed by atoms with Gasteiger partial charge >= 0.3 is 0 Å². The average molecular weight is 424 g/mol. The number of thiazole rings is 1. The third kappa shape index (κ3) is 4.79. The van der Waals surface area contributed by atoms with Crippen LogP contribution in [0.1, 0.15) is 15.2 Å². The number of aromatic nitrogens is 1. The second-order valence-corrected chi connectivity index (χ2v) is 8.00. The first kappa shape index (κ1) is 19.1. The van der Waals surface area contributed by atoms with Crippen LogP contribution in [-0.2, 0) is 11.2 Å². The number of carbonyl (C=O) groups excluding carboxylic acids is 2. The van der Waals surface area contributed by atoms with E-state index in [1.54, 1.807) is 30.5 Å². The van der Waals surface area contributed by atoms with Gasteiger partial charge in [0.15, 0.2) is 10.9 Å². The first-order valence-corrected chi connectivity index (χ1v) is 10.6. The molecule has 0 spiro atoms. The van der Waals surface area contributed by atoms with Gasteiger partial charge in [0.2, 0.25) is 5.91 Å². The van der Waals surface area contributed by atoms with E-state index >= 15 is 0 Å². The lowest BCUT2D eigenvalue weighted by Gasteiger charge is -2.17. The second kappa shape index (κ2) is 8.85. The maximum Gasteiger partial charge on any atom is 0.262 e. The molecular weight excluding hydrogens is 406 g/mol. The fourth-order valence-electron chi connectivity index (χ4n) is 2.76. The molecule has 4 rings (SSSR count). The van der Waals surface area contributed by atoms with Crippen LogP contribution >= 0.6 is 22.7 Å². The summed E-state index contributed by atoms with van der Waals surface area (Å²) in [6.07, 6.45) is 1.95. The minimum atomic E-state index is -0.733. The fraction of sp³-hybridized carbons (Fsp3) is 0.0952. The zero-order valence-electron chi connectivity index (χ0n) is 15.2. The number of thiophene rings is 1. The molecule has 6 nitrogen and oxygen atoms in total. The molecule has 0 bridgehead atoms. The van der Waals surface area contributed by atoms with Crippen LogP contribution in [0, 0.1) is 0 Å². The van der Waals surface area contributed by atoms with Gasteiger partial charge in [-0.25, -0.2) is 4.98 Å². The van der Waals surface area contributed by atoms with Gasteiger partial charge in [-0.05, 0) is 29.1 Å². The number of nitrogens with zero attached hydrogens (tertiary/aromatic N) is 1. The predicted octanol–water partition coefficient (Wildman–Crippen LogP) is 4.44. The topological polar surface area (TPSA) is 84.2 Å². The molecule has 1 atom stereocenters. The number of furan rings is 1. The molecule has 4 aromatic rings. The Morgan fingerprint density at radius 3 is 2.62 bits per heavy atom. The van der Waals surface area contributed by atoms with Crippen LogP contribution in [0.25, 0.3) is 11.5 Å². The standard InChI is InChI=1S/C21H17N3O3S2/c25-19(24-21-23-16(13-29-21)17-8-4-10-27-17)15(12-14-6-2-1-3-7-14)22-20(26)18-9-5-11-28-18/h1-11,13,15H,12H2,(H,22,26)(H,23,24,25). The van der Waals surface area contributed by atoms with Gasteiger partial charge in [-0.15, -0.1) is 22.7 Å². The fourth-order valence-corrected chi connectivity index (χ4v) is 4.09. The van der Waals surface area contributed by atoms with E-state index in [1.165, 1.54) is 22.7 Å². The molecule has 3 heterocycles. The van der Waals surface area contributed by atoms with Crippen molar-refractivity contribution in [3.05, 3.63) is 82.1 Å². The highest BCUT2D eigenvalue weighted by Gasteiger charge is 2.23. The van der Waals surface area contributed by atoms with Gasteiger partial charge in [0.1, 0.15) is 11.7 Å². The minimum Gasteiger partial charge on any atom is -0.463 e. The molecule has 0 fully saturated rings. The van der Waals surface area contributed by atoms with E-state index in [0.29, 0.717) is 27.9 Å². The number of benzene rings is 1. The van der Waals surface area contributed by atoms with Crippen molar-refractivity contribution in [2.45, 2.75) is 12.5 Å². The summed E-state index contributed by atoms with van der Waals surface area (Å²) in [6.45, 7) is 0. The summed E-state index contributed by atoms with van der Waals surface area (Å²) in [5.41, 5.74) is 1.60. The van der Waals surface area contributed by atoms with Crippen molar-refractivity contribution in [1.82, 2.24) is 10.3 Å². The van der Waals surface area contributed by atoms with Crippen LogP contribution in [0.3, 0.4) is 0 Å². The Labute approximate surface area is 175 Å². The van der Waals surface area contributed by atoms with E-state index < -0.39 is 6.04 Å². The normalized spacial score (nSPS) is 11.7. The maximum atomic E-state index is 12.9. The summed E-state index contributed by atoms with van der Waals surface area (Å²) < 4.78 is 5.33. The van der Waals surface area contributed by atoms with E-state index in [1.807, 2.05) is 41.1 Å². The Morgan fingerprint density at radius 1 is 1.03 bits per heavy atom. The van der Waals surface area contributed by atoms with Crippen molar-refractivity contribution in [1.29, 1.82) is 0 Å². The van der Waals surface area contributed by atoms with Crippen LogP contribution in [0.15, 0.2) is 76.0 Å². The number of nitrogens with one attached hydrogen (secondary N) is 2. The molecule has 0 aliphatic heterocycles. The van der Waals surface area contributed by atoms with Gasteiger partial charge < -0.3 is 15.1 Å². The highest BCUT2D eigenvalue weighted by Crippen LogP contribution is 2.25. The molecular formula is C21H17N3O3S2. The summed E-state index contributed by atoms with van der Waals surface area (Å²) >= 11 is 2.64. The lowest BCUT2D eigenvalue weighted by molar-refractivity contribution is -0.118. The quantitative estimate of drug-likeness (QED) is 0.460. The van der Waals surface area contributed by atoms with Crippen LogP contribution in [0.5, 0.6) is 0 Å².